The van der Waals surface area contributed by atoms with Gasteiger partial charge >= 0.3 is 0 Å². The summed E-state index contributed by atoms with van der Waals surface area (Å²) in [5.74, 6) is 0.909. The van der Waals surface area contributed by atoms with E-state index in [1.807, 2.05) is 24.7 Å². The number of nitrogens with one attached hydrogen (secondary N) is 1. The van der Waals surface area contributed by atoms with E-state index in [1.165, 1.54) is 24.1 Å². The Hall–Kier alpha value is -1.81. The Morgan fingerprint density at radius 1 is 1.35 bits per heavy atom. The van der Waals surface area contributed by atoms with Crippen LogP contribution in [0.4, 0.5) is 0 Å². The van der Waals surface area contributed by atoms with Crippen LogP contribution in [-0.2, 0) is 13.0 Å². The highest BCUT2D eigenvalue weighted by atomic mass is 16.5. The van der Waals surface area contributed by atoms with E-state index in [-0.39, 0.29) is 0 Å². The molecule has 20 heavy (non-hydrogen) atoms. The fourth-order valence-corrected chi connectivity index (χ4v) is 2.79. The molecule has 0 radical (unpaired) electrons. The number of aryl methyl sites for hydroxylation is 2. The summed E-state index contributed by atoms with van der Waals surface area (Å²) in [6.07, 6.45) is 7.43. The summed E-state index contributed by atoms with van der Waals surface area (Å²) in [6.45, 7) is 2.09. The molecule has 0 amide bonds. The molecule has 1 atom stereocenters. The standard InChI is InChI=1S/C16H21N3O/c1-20-14-6-4-13(5-7-14)8-10-19-12-17-11-16(19)15-3-2-9-18-15/h4-7,11-12,15,18H,2-3,8-10H2,1H3/t15-/m0/s1. The lowest BCUT2D eigenvalue weighted by Gasteiger charge is -2.14. The highest BCUT2D eigenvalue weighted by Gasteiger charge is 2.19. The predicted octanol–water partition coefficient (Wildman–Crippen LogP) is 2.56. The second-order valence-corrected chi connectivity index (χ2v) is 5.26. The molecular formula is C16H21N3O. The lowest BCUT2D eigenvalue weighted by Crippen LogP contribution is -2.17. The van der Waals surface area contributed by atoms with Gasteiger partial charge < -0.3 is 14.6 Å². The molecule has 4 heteroatoms. The molecule has 1 aromatic carbocycles. The van der Waals surface area contributed by atoms with E-state index in [9.17, 15) is 0 Å². The summed E-state index contributed by atoms with van der Waals surface area (Å²) in [4.78, 5) is 4.31. The van der Waals surface area contributed by atoms with Crippen molar-refractivity contribution in [3.8, 4) is 5.75 Å². The molecule has 0 spiro atoms. The van der Waals surface area contributed by atoms with Crippen molar-refractivity contribution in [3.05, 3.63) is 48.0 Å². The van der Waals surface area contributed by atoms with Gasteiger partial charge in [-0.3, -0.25) is 0 Å². The molecule has 1 saturated heterocycles. The quantitative estimate of drug-likeness (QED) is 0.908. The smallest absolute Gasteiger partial charge is 0.118 e. The van der Waals surface area contributed by atoms with Gasteiger partial charge in [-0.15, -0.1) is 0 Å². The first kappa shape index (κ1) is 13.2. The van der Waals surface area contributed by atoms with E-state index in [0.29, 0.717) is 6.04 Å². The summed E-state index contributed by atoms with van der Waals surface area (Å²) in [7, 11) is 1.70. The van der Waals surface area contributed by atoms with Crippen molar-refractivity contribution < 1.29 is 4.74 Å². The van der Waals surface area contributed by atoms with E-state index in [2.05, 4.69) is 27.0 Å². The number of hydrogen-bond donors (Lipinski definition) is 1. The monoisotopic (exact) mass is 271 g/mol. The number of nitrogens with zero attached hydrogens (tertiary/aromatic N) is 2. The lowest BCUT2D eigenvalue weighted by atomic mass is 10.1. The highest BCUT2D eigenvalue weighted by molar-refractivity contribution is 5.27. The zero-order chi connectivity index (χ0) is 13.8. The van der Waals surface area contributed by atoms with Gasteiger partial charge in [0.05, 0.1) is 19.1 Å². The number of aromatic nitrogens is 2. The number of ether oxygens (including phenoxy) is 1. The molecule has 1 fully saturated rings. The molecule has 3 rings (SSSR count). The minimum absolute atomic E-state index is 0.480. The second kappa shape index (κ2) is 6.09. The van der Waals surface area contributed by atoms with Gasteiger partial charge in [0.2, 0.25) is 0 Å². The first-order chi connectivity index (χ1) is 9.86. The van der Waals surface area contributed by atoms with Crippen molar-refractivity contribution >= 4 is 0 Å². The molecule has 2 aromatic rings. The van der Waals surface area contributed by atoms with Gasteiger partial charge in [0, 0.05) is 18.8 Å². The van der Waals surface area contributed by atoms with Crippen molar-refractivity contribution in [2.75, 3.05) is 13.7 Å². The fourth-order valence-electron chi connectivity index (χ4n) is 2.79. The summed E-state index contributed by atoms with van der Waals surface area (Å²) < 4.78 is 7.45. The summed E-state index contributed by atoms with van der Waals surface area (Å²) in [6, 6.07) is 8.77. The number of methoxy groups -OCH3 is 1. The zero-order valence-corrected chi connectivity index (χ0v) is 11.9. The Kier molecular flexibility index (Phi) is 4.02. The second-order valence-electron chi connectivity index (χ2n) is 5.26. The maximum Gasteiger partial charge on any atom is 0.118 e. The molecule has 0 aliphatic carbocycles. The van der Waals surface area contributed by atoms with Crippen LogP contribution in [0.5, 0.6) is 5.75 Å². The number of hydrogen-bond acceptors (Lipinski definition) is 3. The third kappa shape index (κ3) is 2.85. The van der Waals surface area contributed by atoms with Crippen molar-refractivity contribution in [2.24, 2.45) is 0 Å². The summed E-state index contributed by atoms with van der Waals surface area (Å²) in [5.41, 5.74) is 2.64. The lowest BCUT2D eigenvalue weighted by molar-refractivity contribution is 0.414. The topological polar surface area (TPSA) is 39.1 Å². The molecule has 1 aliphatic heterocycles. The molecule has 0 bridgehead atoms. The SMILES string of the molecule is COc1ccc(CCn2cncc2[C@@H]2CCCN2)cc1. The summed E-state index contributed by atoms with van der Waals surface area (Å²) >= 11 is 0. The third-order valence-corrected chi connectivity index (χ3v) is 3.96. The van der Waals surface area contributed by atoms with Crippen LogP contribution in [-0.4, -0.2) is 23.2 Å². The van der Waals surface area contributed by atoms with Crippen LogP contribution in [0.1, 0.15) is 30.1 Å². The van der Waals surface area contributed by atoms with Gasteiger partial charge in [-0.05, 0) is 43.5 Å². The fraction of sp³-hybridized carbons (Fsp3) is 0.438. The molecule has 1 aliphatic rings. The number of rotatable bonds is 5. The van der Waals surface area contributed by atoms with Crippen LogP contribution in [0.3, 0.4) is 0 Å². The largest absolute Gasteiger partial charge is 0.497 e. The van der Waals surface area contributed by atoms with E-state index in [0.717, 1.165) is 25.3 Å². The first-order valence-electron chi connectivity index (χ1n) is 7.23. The minimum atomic E-state index is 0.480. The zero-order valence-electron chi connectivity index (χ0n) is 11.9. The molecule has 1 aromatic heterocycles. The van der Waals surface area contributed by atoms with Crippen LogP contribution < -0.4 is 10.1 Å². The van der Waals surface area contributed by atoms with Crippen molar-refractivity contribution in [2.45, 2.75) is 31.8 Å². The van der Waals surface area contributed by atoms with Crippen LogP contribution in [0.15, 0.2) is 36.8 Å². The number of benzene rings is 1. The Bertz CT molecular complexity index is 541. The van der Waals surface area contributed by atoms with Crippen molar-refractivity contribution in [1.82, 2.24) is 14.9 Å². The Balaban J connectivity index is 1.64. The Morgan fingerprint density at radius 3 is 2.90 bits per heavy atom. The van der Waals surface area contributed by atoms with Gasteiger partial charge in [0.25, 0.3) is 0 Å². The van der Waals surface area contributed by atoms with E-state index >= 15 is 0 Å². The molecule has 0 saturated carbocycles. The maximum absolute atomic E-state index is 5.18. The average molecular weight is 271 g/mol. The molecule has 1 N–H and O–H groups in total. The molecule has 2 heterocycles. The maximum atomic E-state index is 5.18. The van der Waals surface area contributed by atoms with Gasteiger partial charge in [0.15, 0.2) is 0 Å². The number of imidazole rings is 1. The first-order valence-corrected chi connectivity index (χ1v) is 7.23. The molecule has 106 valence electrons. The van der Waals surface area contributed by atoms with Crippen LogP contribution in [0.2, 0.25) is 0 Å². The van der Waals surface area contributed by atoms with Crippen LogP contribution >= 0.6 is 0 Å². The normalized spacial score (nSPS) is 18.4. The third-order valence-electron chi connectivity index (χ3n) is 3.96. The van der Waals surface area contributed by atoms with E-state index in [1.54, 1.807) is 7.11 Å². The highest BCUT2D eigenvalue weighted by Crippen LogP contribution is 2.23. The van der Waals surface area contributed by atoms with Gasteiger partial charge in [-0.1, -0.05) is 12.1 Å². The molecule has 0 unspecified atom stereocenters. The van der Waals surface area contributed by atoms with Crippen molar-refractivity contribution in [3.63, 3.8) is 0 Å². The van der Waals surface area contributed by atoms with Crippen LogP contribution in [0.25, 0.3) is 0 Å². The average Bonchev–Trinajstić information content (AvgIpc) is 3.16. The molecular weight excluding hydrogens is 250 g/mol. The Morgan fingerprint density at radius 2 is 2.20 bits per heavy atom. The van der Waals surface area contributed by atoms with E-state index in [4.69, 9.17) is 4.74 Å². The van der Waals surface area contributed by atoms with Crippen LogP contribution in [0, 0.1) is 0 Å². The van der Waals surface area contributed by atoms with Gasteiger partial charge in [0.1, 0.15) is 5.75 Å². The van der Waals surface area contributed by atoms with Gasteiger partial charge in [-0.25, -0.2) is 4.98 Å². The minimum Gasteiger partial charge on any atom is -0.497 e. The van der Waals surface area contributed by atoms with Gasteiger partial charge in [-0.2, -0.15) is 0 Å². The predicted molar refractivity (Wildman–Crippen MR) is 78.9 cm³/mol. The van der Waals surface area contributed by atoms with Crippen molar-refractivity contribution in [1.29, 1.82) is 0 Å². The Labute approximate surface area is 119 Å². The molecule has 4 nitrogen and oxygen atoms in total. The summed E-state index contributed by atoms with van der Waals surface area (Å²) in [5, 5.41) is 3.54. The van der Waals surface area contributed by atoms with E-state index < -0.39 is 0 Å².